The highest BCUT2D eigenvalue weighted by molar-refractivity contribution is 6.90. The van der Waals surface area contributed by atoms with E-state index in [0.717, 1.165) is 155 Å². The zero-order chi connectivity index (χ0) is 102. The second kappa shape index (κ2) is 37.1. The molecule has 24 aromatic carbocycles. The van der Waals surface area contributed by atoms with Crippen LogP contribution in [-0.4, -0.2) is 32.3 Å². The summed E-state index contributed by atoms with van der Waals surface area (Å²) in [6.45, 7) is 27.5. The number of fused-ring (bicyclic) bond motifs is 4. The maximum Gasteiger partial charge on any atom is 0.150 e. The van der Waals surface area contributed by atoms with Gasteiger partial charge in [0.2, 0.25) is 0 Å². The molecule has 0 spiro atoms. The van der Waals surface area contributed by atoms with E-state index >= 15 is 35.1 Å². The normalized spacial score (nSPS) is 12.2. The molecule has 0 aliphatic rings. The Bertz CT molecular complexity index is 8850. The van der Waals surface area contributed by atoms with Crippen molar-refractivity contribution in [3.63, 3.8) is 0 Å². The van der Waals surface area contributed by atoms with Gasteiger partial charge in [-0.25, -0.2) is 35.1 Å². The summed E-state index contributed by atoms with van der Waals surface area (Å²) < 4.78 is 133. The van der Waals surface area contributed by atoms with E-state index in [-0.39, 0.29) is 33.9 Å². The predicted molar refractivity (Wildman–Crippen MR) is 622 cm³/mol. The first-order valence-electron chi connectivity index (χ1n) is 50.2. The molecule has 4 nitrogen and oxygen atoms in total. The number of benzene rings is 24. The molecule has 0 saturated carbocycles. The largest absolute Gasteiger partial charge is 0.307 e. The Kier molecular flexibility index (Phi) is 23.9. The molecule has 16 heteroatoms. The highest BCUT2D eigenvalue weighted by Gasteiger charge is 2.34. The summed E-state index contributed by atoms with van der Waals surface area (Å²) in [6.07, 6.45) is 0. The van der Waals surface area contributed by atoms with E-state index in [9.17, 15) is 0 Å². The van der Waals surface area contributed by atoms with Crippen LogP contribution in [0.2, 0.25) is 78.6 Å². The van der Waals surface area contributed by atoms with Crippen molar-refractivity contribution in [1.82, 2.24) is 0 Å². The highest BCUT2D eigenvalue weighted by Crippen LogP contribution is 2.54. The van der Waals surface area contributed by atoms with Crippen molar-refractivity contribution in [2.75, 3.05) is 19.6 Å². The zero-order valence-corrected chi connectivity index (χ0v) is 88.1. The van der Waals surface area contributed by atoms with Crippen LogP contribution < -0.4 is 40.3 Å². The molecule has 0 aromatic heterocycles. The van der Waals surface area contributed by atoms with Crippen LogP contribution in [0.25, 0.3) is 152 Å². The average molecular weight is 2010 g/mol. The number of rotatable bonds is 20. The first-order chi connectivity index (χ1) is 71.2. The van der Waals surface area contributed by atoms with Crippen molar-refractivity contribution in [3.05, 3.63) is 459 Å². The number of halogens is 8. The first-order valence-corrected chi connectivity index (χ1v) is 64.2. The third-order valence-electron chi connectivity index (χ3n) is 29.6. The molecular weight excluding hydrogens is 1910 g/mol. The van der Waals surface area contributed by atoms with Gasteiger partial charge in [-0.15, -0.1) is 0 Å². The lowest BCUT2D eigenvalue weighted by atomic mass is 9.91. The molecular formula is C132H104F8N4Si4. The summed E-state index contributed by atoms with van der Waals surface area (Å²) in [7, 11) is -6.93. The first kappa shape index (κ1) is 95.4. The lowest BCUT2D eigenvalue weighted by Gasteiger charge is -2.30. The molecule has 0 saturated heterocycles. The number of hydrogen-bond acceptors (Lipinski definition) is 4. The number of nitrogens with zero attached hydrogens (tertiary/aromatic N) is 4. The van der Waals surface area contributed by atoms with E-state index in [1.165, 1.54) is 20.7 Å². The maximum atomic E-state index is 17.0. The minimum Gasteiger partial charge on any atom is -0.307 e. The molecule has 24 rings (SSSR count). The molecule has 0 bridgehead atoms. The van der Waals surface area contributed by atoms with Crippen LogP contribution in [0.15, 0.2) is 413 Å². The molecule has 0 aliphatic carbocycles. The molecule has 24 aromatic rings. The molecule has 0 heterocycles. The van der Waals surface area contributed by atoms with Gasteiger partial charge in [-0.1, -0.05) is 378 Å². The van der Waals surface area contributed by atoms with Gasteiger partial charge in [0.25, 0.3) is 0 Å². The van der Waals surface area contributed by atoms with Gasteiger partial charge in [0.05, 0.1) is 77.8 Å². The van der Waals surface area contributed by atoms with Gasteiger partial charge in [-0.3, -0.25) is 0 Å². The van der Waals surface area contributed by atoms with Crippen molar-refractivity contribution >= 4 is 229 Å². The van der Waals surface area contributed by atoms with Crippen LogP contribution in [-0.2, 0) is 0 Å². The number of hydrogen-bond donors (Lipinski definition) is 0. The van der Waals surface area contributed by atoms with Crippen LogP contribution in [0.4, 0.5) is 103 Å². The molecule has 0 fully saturated rings. The van der Waals surface area contributed by atoms with Crippen molar-refractivity contribution in [3.8, 4) is 44.5 Å². The molecule has 0 amide bonds. The Morgan fingerprint density at radius 1 is 0.149 bits per heavy atom. The van der Waals surface area contributed by atoms with Crippen molar-refractivity contribution in [1.29, 1.82) is 0 Å². The second-order valence-corrected chi connectivity index (χ2v) is 63.3. The Hall–Kier alpha value is -16.1. The molecule has 0 unspecified atom stereocenters. The van der Waals surface area contributed by atoms with E-state index in [4.69, 9.17) is 0 Å². The van der Waals surface area contributed by atoms with Gasteiger partial charge < -0.3 is 19.6 Å². The van der Waals surface area contributed by atoms with Gasteiger partial charge in [0.1, 0.15) is 46.5 Å². The second-order valence-electron chi connectivity index (χ2n) is 43.0. The van der Waals surface area contributed by atoms with Crippen LogP contribution in [0, 0.1) is 46.5 Å². The molecule has 724 valence electrons. The Balaban J connectivity index is 0.000000163. The average Bonchev–Trinajstić information content (AvgIpc) is 0.713. The van der Waals surface area contributed by atoms with E-state index < -0.39 is 78.8 Å². The monoisotopic (exact) mass is 2010 g/mol. The van der Waals surface area contributed by atoms with E-state index in [0.29, 0.717) is 56.1 Å². The minimum absolute atomic E-state index is 0.201. The summed E-state index contributed by atoms with van der Waals surface area (Å²) in [5.41, 5.74) is 10.3. The summed E-state index contributed by atoms with van der Waals surface area (Å²) in [5.74, 6) is -5.41. The zero-order valence-electron chi connectivity index (χ0n) is 84.1. The lowest BCUT2D eigenvalue weighted by molar-refractivity contribution is 0.586. The third kappa shape index (κ3) is 17.2. The minimum atomic E-state index is -1.74. The van der Waals surface area contributed by atoms with Crippen molar-refractivity contribution in [2.45, 2.75) is 78.6 Å². The van der Waals surface area contributed by atoms with Crippen LogP contribution >= 0.6 is 0 Å². The van der Waals surface area contributed by atoms with Crippen molar-refractivity contribution < 1.29 is 35.1 Å². The Labute approximate surface area is 859 Å². The smallest absolute Gasteiger partial charge is 0.150 e. The SMILES string of the molecule is C[Si](C)(C)c1ccc(N(c2cc(-c3ccc4ccccc4c3)c(F)cc2F)c2ccc3ccc4c(N(c5ccc([Si](C)(C)C)cc5)c5cc(-c6ccc7ccccc7c6)c(F)cc5F)ccc5ccc2c3c54)cc1.C[Si](C)(C)c1ccc(N(c2cc(-c3cccc4ccccc34)c(F)cc2F)c2ccc3ccc4c(N(c5ccc([Si](C)(C)C)cc5)c5cc(-c6cccc7ccccc67)c(F)cc5F)ccc5ccc2c3c54)cc1. The molecule has 0 radical (unpaired) electrons. The number of anilines is 12. The van der Waals surface area contributed by atoms with Crippen molar-refractivity contribution in [2.24, 2.45) is 0 Å². The summed E-state index contributed by atoms with van der Waals surface area (Å²) in [4.78, 5) is 7.65. The van der Waals surface area contributed by atoms with Gasteiger partial charge in [-0.05, 0) is 218 Å². The fraction of sp³-hybridized carbons (Fsp3) is 0.0909. The van der Waals surface area contributed by atoms with E-state index in [2.05, 4.69) is 200 Å². The highest BCUT2D eigenvalue weighted by atomic mass is 28.3. The third-order valence-corrected chi connectivity index (χ3v) is 37.8. The van der Waals surface area contributed by atoms with E-state index in [1.54, 1.807) is 24.3 Å². The van der Waals surface area contributed by atoms with Crippen LogP contribution in [0.1, 0.15) is 0 Å². The van der Waals surface area contributed by atoms with Crippen LogP contribution in [0.3, 0.4) is 0 Å². The Morgan fingerprint density at radius 3 is 0.642 bits per heavy atom. The van der Waals surface area contributed by atoms with Gasteiger partial charge >= 0.3 is 0 Å². The topological polar surface area (TPSA) is 13.0 Å². The fourth-order valence-electron chi connectivity index (χ4n) is 21.7. The van der Waals surface area contributed by atoms with E-state index in [1.807, 2.05) is 262 Å². The summed E-state index contributed by atoms with van der Waals surface area (Å²) in [5, 5.41) is 23.6. The maximum absolute atomic E-state index is 17.0. The molecule has 0 atom stereocenters. The Morgan fingerprint density at radius 2 is 0.372 bits per heavy atom. The standard InChI is InChI=1S/2C66H52F4N2Si2/c1-73(2,3)47-29-25-45(26-30-47)71(63-37-55(57(67)39-59(63)69)51-19-11-15-41-13-7-9-17-49(41)51)61-35-23-43-22-34-54-62(36-24-44-21-33-53(61)65(43)66(44)54)72(46-27-31-48(32-28-46)74(4,5)6)64-38-56(58(68)40-60(64)70)52-20-12-16-42-14-8-10-18-50(42)52;1-73(2,3)51-27-23-49(24-28-51)71(63-37-55(57(67)39-59(63)69)47-17-15-41-11-7-9-13-45(41)35-47)61-33-21-43-20-32-54-62(34-22-44-19-31-53(61)65(43)66(44)54)72(50-25-29-52(30-26-50)74(4,5)6)64-38-56(58(68)40-60(64)70)48-18-16-42-12-8-10-14-46(42)36-48/h2*7-40H,1-6H3. The van der Waals surface area contributed by atoms with Gasteiger partial charge in [0, 0.05) is 90.8 Å². The lowest BCUT2D eigenvalue weighted by Crippen LogP contribution is -2.37. The molecule has 0 N–H and O–H groups in total. The summed E-state index contributed by atoms with van der Waals surface area (Å²) >= 11 is 0. The van der Waals surface area contributed by atoms with Crippen LogP contribution in [0.5, 0.6) is 0 Å². The molecule has 0 aliphatic heterocycles. The van der Waals surface area contributed by atoms with Gasteiger partial charge in [0.15, 0.2) is 0 Å². The fourth-order valence-corrected chi connectivity index (χ4v) is 26.4. The quantitative estimate of drug-likeness (QED) is 0.0428. The molecule has 148 heavy (non-hydrogen) atoms. The predicted octanol–water partition coefficient (Wildman–Crippen LogP) is 37.6. The summed E-state index contributed by atoms with van der Waals surface area (Å²) in [6, 6.07) is 132. The van der Waals surface area contributed by atoms with Gasteiger partial charge in [-0.2, -0.15) is 0 Å².